The summed E-state index contributed by atoms with van der Waals surface area (Å²) in [5.74, 6) is 0.910. The molecule has 2 nitrogen and oxygen atoms in total. The molecular weight excluding hydrogens is 268 g/mol. The summed E-state index contributed by atoms with van der Waals surface area (Å²) in [4.78, 5) is 4.25. The van der Waals surface area contributed by atoms with Gasteiger partial charge < -0.3 is 9.80 Å². The number of anilines is 1. The van der Waals surface area contributed by atoms with Crippen LogP contribution in [0.3, 0.4) is 0 Å². The zero-order chi connectivity index (χ0) is 13.8. The largest absolute Gasteiger partial charge is 0.360 e. The molecule has 3 rings (SSSR count). The lowest BCUT2D eigenvalue weighted by atomic mass is 9.94. The van der Waals surface area contributed by atoms with E-state index in [2.05, 4.69) is 29.2 Å². The van der Waals surface area contributed by atoms with Crippen LogP contribution in [0.5, 0.6) is 0 Å². The van der Waals surface area contributed by atoms with Gasteiger partial charge >= 0.3 is 0 Å². The van der Waals surface area contributed by atoms with Gasteiger partial charge in [-0.2, -0.15) is 0 Å². The maximum atomic E-state index is 6.08. The van der Waals surface area contributed by atoms with Gasteiger partial charge in [0.2, 0.25) is 0 Å². The van der Waals surface area contributed by atoms with Crippen molar-refractivity contribution in [3.8, 4) is 0 Å². The first kappa shape index (κ1) is 14.0. The highest BCUT2D eigenvalue weighted by molar-refractivity contribution is 6.30. The summed E-state index contributed by atoms with van der Waals surface area (Å²) < 4.78 is 0. The van der Waals surface area contributed by atoms with Gasteiger partial charge in [0.1, 0.15) is 0 Å². The standard InChI is InChI=1S/C17H23ClN2/c18-16-7-4-8-17(13-16)20-11-9-19(10-12-20)14-15-5-2-1-3-6-15/h1-2,4,7-8,13,15H,3,5-6,9-12,14H2/p+1/t15-/m0/s1. The SMILES string of the molecule is Clc1cccc(N2CC[NH+](C[C@H]3CC=CCC3)CC2)c1. The van der Waals surface area contributed by atoms with Crippen molar-refractivity contribution in [2.24, 2.45) is 5.92 Å². The summed E-state index contributed by atoms with van der Waals surface area (Å²) in [6, 6.07) is 8.25. The third-order valence-corrected chi connectivity index (χ3v) is 4.83. The van der Waals surface area contributed by atoms with Crippen LogP contribution in [0.1, 0.15) is 19.3 Å². The average Bonchev–Trinajstić information content (AvgIpc) is 2.49. The van der Waals surface area contributed by atoms with Gasteiger partial charge in [-0.05, 0) is 37.5 Å². The summed E-state index contributed by atoms with van der Waals surface area (Å²) in [5, 5.41) is 0.839. The van der Waals surface area contributed by atoms with E-state index >= 15 is 0 Å². The van der Waals surface area contributed by atoms with E-state index in [1.807, 2.05) is 12.1 Å². The fraction of sp³-hybridized carbons (Fsp3) is 0.529. The molecule has 0 radical (unpaired) electrons. The van der Waals surface area contributed by atoms with Crippen molar-refractivity contribution in [1.82, 2.24) is 0 Å². The van der Waals surface area contributed by atoms with Crippen molar-refractivity contribution in [2.45, 2.75) is 19.3 Å². The summed E-state index contributed by atoms with van der Waals surface area (Å²) in [7, 11) is 0. The van der Waals surface area contributed by atoms with E-state index < -0.39 is 0 Å². The predicted molar refractivity (Wildman–Crippen MR) is 85.7 cm³/mol. The monoisotopic (exact) mass is 291 g/mol. The lowest BCUT2D eigenvalue weighted by Gasteiger charge is -2.35. The van der Waals surface area contributed by atoms with Crippen molar-refractivity contribution in [1.29, 1.82) is 0 Å². The lowest BCUT2D eigenvalue weighted by Crippen LogP contribution is -3.15. The van der Waals surface area contributed by atoms with Crippen molar-refractivity contribution >= 4 is 17.3 Å². The molecule has 108 valence electrons. The molecule has 3 heteroatoms. The number of nitrogens with one attached hydrogen (secondary N) is 1. The van der Waals surface area contributed by atoms with Gasteiger partial charge in [0.05, 0.1) is 32.7 Å². The Balaban J connectivity index is 1.50. The second-order valence-corrected chi connectivity index (χ2v) is 6.51. The normalized spacial score (nSPS) is 24.1. The van der Waals surface area contributed by atoms with Gasteiger partial charge in [0.25, 0.3) is 0 Å². The molecule has 0 saturated carbocycles. The highest BCUT2D eigenvalue weighted by Crippen LogP contribution is 2.19. The van der Waals surface area contributed by atoms with Crippen LogP contribution >= 0.6 is 11.6 Å². The number of hydrogen-bond donors (Lipinski definition) is 1. The first-order valence-electron chi connectivity index (χ1n) is 7.80. The summed E-state index contributed by atoms with van der Waals surface area (Å²) >= 11 is 6.08. The van der Waals surface area contributed by atoms with E-state index in [0.717, 1.165) is 24.0 Å². The van der Waals surface area contributed by atoms with Crippen LogP contribution in [0.2, 0.25) is 5.02 Å². The van der Waals surface area contributed by atoms with Gasteiger partial charge in [-0.25, -0.2) is 0 Å². The molecule has 1 saturated heterocycles. The number of piperazine rings is 1. The Morgan fingerprint density at radius 2 is 2.05 bits per heavy atom. The van der Waals surface area contributed by atoms with E-state index in [-0.39, 0.29) is 0 Å². The van der Waals surface area contributed by atoms with E-state index in [1.165, 1.54) is 44.6 Å². The third-order valence-electron chi connectivity index (χ3n) is 4.60. The number of nitrogens with zero attached hydrogens (tertiary/aromatic N) is 1. The van der Waals surface area contributed by atoms with Crippen molar-refractivity contribution in [3.63, 3.8) is 0 Å². The maximum Gasteiger partial charge on any atom is 0.0949 e. The Labute approximate surface area is 127 Å². The molecule has 0 amide bonds. The zero-order valence-electron chi connectivity index (χ0n) is 12.0. The topological polar surface area (TPSA) is 7.68 Å². The predicted octanol–water partition coefficient (Wildman–Crippen LogP) is 2.40. The third kappa shape index (κ3) is 3.56. The van der Waals surface area contributed by atoms with E-state index in [4.69, 9.17) is 11.6 Å². The lowest BCUT2D eigenvalue weighted by molar-refractivity contribution is -0.904. The van der Waals surface area contributed by atoms with Crippen LogP contribution in [0.15, 0.2) is 36.4 Å². The molecule has 1 aromatic rings. The Kier molecular flexibility index (Phi) is 4.64. The van der Waals surface area contributed by atoms with Crippen molar-refractivity contribution in [2.75, 3.05) is 37.6 Å². The maximum absolute atomic E-state index is 6.08. The molecule has 0 spiro atoms. The molecule has 1 fully saturated rings. The van der Waals surface area contributed by atoms with Crippen molar-refractivity contribution in [3.05, 3.63) is 41.4 Å². The fourth-order valence-corrected chi connectivity index (χ4v) is 3.59. The molecule has 0 unspecified atom stereocenters. The van der Waals surface area contributed by atoms with Crippen molar-refractivity contribution < 1.29 is 4.90 Å². The van der Waals surface area contributed by atoms with Gasteiger partial charge in [0, 0.05) is 16.6 Å². The van der Waals surface area contributed by atoms with Crippen LogP contribution in [-0.2, 0) is 0 Å². The van der Waals surface area contributed by atoms with Gasteiger partial charge in [-0.3, -0.25) is 0 Å². The summed E-state index contributed by atoms with van der Waals surface area (Å²) in [6.07, 6.45) is 8.67. The molecule has 20 heavy (non-hydrogen) atoms. The quantitative estimate of drug-likeness (QED) is 0.841. The van der Waals surface area contributed by atoms with E-state index in [9.17, 15) is 0 Å². The summed E-state index contributed by atoms with van der Waals surface area (Å²) in [6.45, 7) is 6.17. The van der Waals surface area contributed by atoms with Crippen LogP contribution in [0.4, 0.5) is 5.69 Å². The second kappa shape index (κ2) is 6.64. The molecule has 0 aromatic heterocycles. The molecular formula is C17H24ClN2+. The minimum atomic E-state index is 0.839. The minimum Gasteiger partial charge on any atom is -0.360 e. The zero-order valence-corrected chi connectivity index (χ0v) is 12.8. The molecule has 1 atom stereocenters. The first-order chi connectivity index (χ1) is 9.81. The number of rotatable bonds is 3. The summed E-state index contributed by atoms with van der Waals surface area (Å²) in [5.41, 5.74) is 1.28. The molecule has 1 aromatic carbocycles. The number of benzene rings is 1. The Bertz CT molecular complexity index is 464. The fourth-order valence-electron chi connectivity index (χ4n) is 3.41. The van der Waals surface area contributed by atoms with Gasteiger partial charge in [-0.1, -0.05) is 29.8 Å². The molecule has 2 aliphatic rings. The van der Waals surface area contributed by atoms with Crippen LogP contribution in [0.25, 0.3) is 0 Å². The molecule has 0 bridgehead atoms. The second-order valence-electron chi connectivity index (χ2n) is 6.07. The Hall–Kier alpha value is -0.990. The highest BCUT2D eigenvalue weighted by Gasteiger charge is 2.23. The number of hydrogen-bond acceptors (Lipinski definition) is 1. The highest BCUT2D eigenvalue weighted by atomic mass is 35.5. The van der Waals surface area contributed by atoms with Gasteiger partial charge in [0.15, 0.2) is 0 Å². The van der Waals surface area contributed by atoms with E-state index in [1.54, 1.807) is 4.90 Å². The van der Waals surface area contributed by atoms with Crippen LogP contribution in [0, 0.1) is 5.92 Å². The first-order valence-corrected chi connectivity index (χ1v) is 8.18. The smallest absolute Gasteiger partial charge is 0.0949 e. The minimum absolute atomic E-state index is 0.839. The number of allylic oxidation sites excluding steroid dienone is 2. The Morgan fingerprint density at radius 1 is 1.20 bits per heavy atom. The average molecular weight is 292 g/mol. The van der Waals surface area contributed by atoms with Crippen LogP contribution in [-0.4, -0.2) is 32.7 Å². The molecule has 1 N–H and O–H groups in total. The number of halogens is 1. The molecule has 1 aliphatic heterocycles. The van der Waals surface area contributed by atoms with Crippen LogP contribution < -0.4 is 9.80 Å². The molecule has 1 aliphatic carbocycles. The Morgan fingerprint density at radius 3 is 2.75 bits per heavy atom. The number of quaternary nitrogens is 1. The van der Waals surface area contributed by atoms with E-state index in [0.29, 0.717) is 0 Å². The molecule has 1 heterocycles. The van der Waals surface area contributed by atoms with Gasteiger partial charge in [-0.15, -0.1) is 0 Å².